The Hall–Kier alpha value is -2.58. The fourth-order valence-corrected chi connectivity index (χ4v) is 4.95. The van der Waals surface area contributed by atoms with Crippen LogP contribution in [0.15, 0.2) is 65.1 Å². The number of anilines is 1. The average molecular weight is 591 g/mol. The van der Waals surface area contributed by atoms with Crippen molar-refractivity contribution in [1.29, 1.82) is 0 Å². The van der Waals surface area contributed by atoms with Crippen molar-refractivity contribution in [2.75, 3.05) is 44.2 Å². The maximum atomic E-state index is 11.3. The van der Waals surface area contributed by atoms with Gasteiger partial charge in [0.1, 0.15) is 5.75 Å². The minimum atomic E-state index is -0.393. The molecule has 0 unspecified atom stereocenters. The monoisotopic (exact) mass is 589 g/mol. The molecule has 188 valence electrons. The Bertz CT molecular complexity index is 1250. The Kier molecular flexibility index (Phi) is 9.26. The SMILES string of the molecule is O=[N+]([O-])c1ccc(OCCCN2CCN(c3cccc(Cl)c3Cl)CC2)c(/C=C/c2ccccc2Br)c1. The number of nitro benzene ring substituents is 1. The molecule has 9 heteroatoms. The van der Waals surface area contributed by atoms with Gasteiger partial charge in [-0.15, -0.1) is 0 Å². The largest absolute Gasteiger partial charge is 0.493 e. The number of rotatable bonds is 9. The Morgan fingerprint density at radius 2 is 1.72 bits per heavy atom. The van der Waals surface area contributed by atoms with E-state index in [1.54, 1.807) is 18.2 Å². The van der Waals surface area contributed by atoms with Gasteiger partial charge in [-0.2, -0.15) is 0 Å². The zero-order valence-electron chi connectivity index (χ0n) is 19.6. The summed E-state index contributed by atoms with van der Waals surface area (Å²) in [7, 11) is 0. The molecular formula is C27H26BrCl2N3O3. The lowest BCUT2D eigenvalue weighted by Crippen LogP contribution is -2.46. The Balaban J connectivity index is 1.31. The third kappa shape index (κ3) is 6.79. The number of piperazine rings is 1. The van der Waals surface area contributed by atoms with Crippen LogP contribution in [0.3, 0.4) is 0 Å². The Morgan fingerprint density at radius 3 is 2.47 bits per heavy atom. The quantitative estimate of drug-likeness (QED) is 0.112. The van der Waals surface area contributed by atoms with Crippen molar-refractivity contribution in [2.24, 2.45) is 0 Å². The second-order valence-corrected chi connectivity index (χ2v) is 10.1. The fraction of sp³-hybridized carbons (Fsp3) is 0.259. The normalized spacial score (nSPS) is 14.4. The Labute approximate surface area is 229 Å². The van der Waals surface area contributed by atoms with Crippen LogP contribution in [0, 0.1) is 10.1 Å². The summed E-state index contributed by atoms with van der Waals surface area (Å²) in [6, 6.07) is 18.2. The van der Waals surface area contributed by atoms with Gasteiger partial charge in [0.15, 0.2) is 0 Å². The summed E-state index contributed by atoms with van der Waals surface area (Å²) in [6.07, 6.45) is 4.62. The van der Waals surface area contributed by atoms with E-state index in [4.69, 9.17) is 27.9 Å². The molecule has 0 radical (unpaired) electrons. The van der Waals surface area contributed by atoms with Gasteiger partial charge >= 0.3 is 0 Å². The summed E-state index contributed by atoms with van der Waals surface area (Å²) in [5, 5.41) is 12.5. The molecule has 0 saturated carbocycles. The zero-order valence-corrected chi connectivity index (χ0v) is 22.7. The van der Waals surface area contributed by atoms with Gasteiger partial charge in [0.25, 0.3) is 5.69 Å². The van der Waals surface area contributed by atoms with E-state index in [2.05, 4.69) is 25.7 Å². The predicted octanol–water partition coefficient (Wildman–Crippen LogP) is 7.43. The van der Waals surface area contributed by atoms with Gasteiger partial charge in [0.2, 0.25) is 0 Å². The number of nitrogens with zero attached hydrogens (tertiary/aromatic N) is 3. The first kappa shape index (κ1) is 26.5. The molecule has 36 heavy (non-hydrogen) atoms. The highest BCUT2D eigenvalue weighted by atomic mass is 79.9. The highest BCUT2D eigenvalue weighted by molar-refractivity contribution is 9.10. The van der Waals surface area contributed by atoms with Crippen LogP contribution < -0.4 is 9.64 Å². The molecule has 0 amide bonds. The van der Waals surface area contributed by atoms with Crippen molar-refractivity contribution in [3.8, 4) is 5.75 Å². The van der Waals surface area contributed by atoms with Crippen LogP contribution in [0.1, 0.15) is 17.5 Å². The first-order valence-corrected chi connectivity index (χ1v) is 13.2. The van der Waals surface area contributed by atoms with Crippen LogP contribution in [0.2, 0.25) is 10.0 Å². The van der Waals surface area contributed by atoms with E-state index in [9.17, 15) is 10.1 Å². The first-order chi connectivity index (χ1) is 17.4. The number of halogens is 3. The maximum Gasteiger partial charge on any atom is 0.270 e. The molecule has 1 saturated heterocycles. The predicted molar refractivity (Wildman–Crippen MR) is 151 cm³/mol. The summed E-state index contributed by atoms with van der Waals surface area (Å²) < 4.78 is 7.00. The average Bonchev–Trinajstić information content (AvgIpc) is 2.88. The molecule has 0 N–H and O–H groups in total. The molecule has 0 atom stereocenters. The first-order valence-electron chi connectivity index (χ1n) is 11.7. The molecule has 0 spiro atoms. The smallest absolute Gasteiger partial charge is 0.270 e. The molecule has 0 aromatic heterocycles. The summed E-state index contributed by atoms with van der Waals surface area (Å²) in [5.41, 5.74) is 2.67. The molecule has 1 aliphatic heterocycles. The van der Waals surface area contributed by atoms with E-state index in [0.29, 0.717) is 28.0 Å². The van der Waals surface area contributed by atoms with Gasteiger partial charge in [-0.1, -0.05) is 75.5 Å². The third-order valence-electron chi connectivity index (χ3n) is 6.07. The highest BCUT2D eigenvalue weighted by Gasteiger charge is 2.19. The molecule has 1 heterocycles. The van der Waals surface area contributed by atoms with Crippen LogP contribution in [-0.2, 0) is 0 Å². The van der Waals surface area contributed by atoms with Crippen molar-refractivity contribution in [2.45, 2.75) is 6.42 Å². The molecule has 1 fully saturated rings. The number of ether oxygens (including phenoxy) is 1. The van der Waals surface area contributed by atoms with Gasteiger partial charge in [-0.05, 0) is 36.2 Å². The van der Waals surface area contributed by atoms with E-state index < -0.39 is 4.92 Å². The van der Waals surface area contributed by atoms with Crippen molar-refractivity contribution in [3.63, 3.8) is 0 Å². The Morgan fingerprint density at radius 1 is 0.972 bits per heavy atom. The standard InChI is InChI=1S/C27H26BrCl2N3O3/c28-23-6-2-1-5-20(23)9-10-21-19-22(33(34)35)11-12-26(21)36-18-4-13-31-14-16-32(17-15-31)25-8-3-7-24(29)27(25)30/h1-3,5-12,19H,4,13-18H2/b10-9+. The highest BCUT2D eigenvalue weighted by Crippen LogP contribution is 2.33. The van der Waals surface area contributed by atoms with Crippen molar-refractivity contribution < 1.29 is 9.66 Å². The van der Waals surface area contributed by atoms with Gasteiger partial charge < -0.3 is 9.64 Å². The number of nitro groups is 1. The van der Waals surface area contributed by atoms with Gasteiger partial charge in [0, 0.05) is 54.9 Å². The summed E-state index contributed by atoms with van der Waals surface area (Å²) in [4.78, 5) is 15.6. The molecule has 3 aromatic rings. The molecule has 4 rings (SSSR count). The number of hydrogen-bond donors (Lipinski definition) is 0. The van der Waals surface area contributed by atoms with Crippen LogP contribution in [0.5, 0.6) is 5.75 Å². The molecule has 0 bridgehead atoms. The number of hydrogen-bond acceptors (Lipinski definition) is 5. The number of non-ortho nitro benzene ring substituents is 1. The van der Waals surface area contributed by atoms with E-state index in [-0.39, 0.29) is 5.69 Å². The zero-order chi connectivity index (χ0) is 25.5. The van der Waals surface area contributed by atoms with Crippen molar-refractivity contribution in [1.82, 2.24) is 4.90 Å². The van der Waals surface area contributed by atoms with E-state index >= 15 is 0 Å². The summed E-state index contributed by atoms with van der Waals surface area (Å²) >= 11 is 16.1. The second-order valence-electron chi connectivity index (χ2n) is 8.44. The second kappa shape index (κ2) is 12.6. The topological polar surface area (TPSA) is 58.9 Å². The fourth-order valence-electron chi connectivity index (χ4n) is 4.12. The van der Waals surface area contributed by atoms with Gasteiger partial charge in [-0.25, -0.2) is 0 Å². The summed E-state index contributed by atoms with van der Waals surface area (Å²) in [5.74, 6) is 0.629. The summed E-state index contributed by atoms with van der Waals surface area (Å²) in [6.45, 7) is 5.06. The van der Waals surface area contributed by atoms with Crippen LogP contribution >= 0.6 is 39.1 Å². The van der Waals surface area contributed by atoms with E-state index in [0.717, 1.165) is 54.9 Å². The third-order valence-corrected chi connectivity index (χ3v) is 7.60. The van der Waals surface area contributed by atoms with E-state index in [1.807, 2.05) is 48.6 Å². The van der Waals surface area contributed by atoms with Crippen LogP contribution in [0.4, 0.5) is 11.4 Å². The molecule has 0 aliphatic carbocycles. The van der Waals surface area contributed by atoms with E-state index in [1.165, 1.54) is 6.07 Å². The minimum absolute atomic E-state index is 0.0341. The maximum absolute atomic E-state index is 11.3. The lowest BCUT2D eigenvalue weighted by Gasteiger charge is -2.36. The minimum Gasteiger partial charge on any atom is -0.493 e. The molecule has 3 aromatic carbocycles. The van der Waals surface area contributed by atoms with Crippen molar-refractivity contribution in [3.05, 3.63) is 96.4 Å². The lowest BCUT2D eigenvalue weighted by molar-refractivity contribution is -0.384. The van der Waals surface area contributed by atoms with Crippen molar-refractivity contribution >= 4 is 62.7 Å². The van der Waals surface area contributed by atoms with Gasteiger partial charge in [-0.3, -0.25) is 15.0 Å². The number of benzene rings is 3. The van der Waals surface area contributed by atoms with Gasteiger partial charge in [0.05, 0.1) is 27.3 Å². The molecule has 6 nitrogen and oxygen atoms in total. The van der Waals surface area contributed by atoms with Crippen LogP contribution in [-0.4, -0.2) is 49.2 Å². The molecule has 1 aliphatic rings. The lowest BCUT2D eigenvalue weighted by atomic mass is 10.1. The molecular weight excluding hydrogens is 565 g/mol. The van der Waals surface area contributed by atoms with Crippen LogP contribution in [0.25, 0.3) is 12.2 Å².